The van der Waals surface area contributed by atoms with E-state index in [2.05, 4.69) is 11.7 Å². The van der Waals surface area contributed by atoms with Crippen molar-refractivity contribution in [2.24, 2.45) is 5.16 Å². The summed E-state index contributed by atoms with van der Waals surface area (Å²) in [6.07, 6.45) is 6.49. The monoisotopic (exact) mass is 179 g/mol. The molecule has 0 rings (SSSR count). The van der Waals surface area contributed by atoms with Gasteiger partial charge in [0.2, 0.25) is 5.78 Å². The lowest BCUT2D eigenvalue weighted by molar-refractivity contribution is -0.109. The van der Waals surface area contributed by atoms with Gasteiger partial charge in [-0.05, 0) is 13.8 Å². The zero-order valence-corrected chi connectivity index (χ0v) is 7.82. The molecule has 13 heavy (non-hydrogen) atoms. The molecule has 0 aliphatic carbocycles. The minimum Gasteiger partial charge on any atom is -0.411 e. The topological polar surface area (TPSA) is 49.7 Å². The van der Waals surface area contributed by atoms with Gasteiger partial charge in [-0.25, -0.2) is 0 Å². The zero-order valence-electron chi connectivity index (χ0n) is 7.82. The molecule has 1 N–H and O–H groups in total. The van der Waals surface area contributed by atoms with Crippen LogP contribution in [0.25, 0.3) is 0 Å². The van der Waals surface area contributed by atoms with Gasteiger partial charge in [0.1, 0.15) is 5.71 Å². The van der Waals surface area contributed by atoms with Crippen molar-refractivity contribution < 1.29 is 10.0 Å². The largest absolute Gasteiger partial charge is 0.411 e. The molecule has 0 bridgehead atoms. The van der Waals surface area contributed by atoms with Crippen LogP contribution < -0.4 is 0 Å². The molecule has 0 radical (unpaired) electrons. The maximum absolute atomic E-state index is 11.4. The second kappa shape index (κ2) is 5.94. The summed E-state index contributed by atoms with van der Waals surface area (Å²) in [6, 6.07) is 0. The van der Waals surface area contributed by atoms with E-state index in [0.717, 1.165) is 0 Å². The molecular weight excluding hydrogens is 166 g/mol. The first-order valence-corrected chi connectivity index (χ1v) is 3.86. The van der Waals surface area contributed by atoms with Crippen LogP contribution in [0.1, 0.15) is 13.8 Å². The molecule has 0 saturated heterocycles. The van der Waals surface area contributed by atoms with Gasteiger partial charge in [-0.15, -0.1) is 0 Å². The average molecular weight is 179 g/mol. The van der Waals surface area contributed by atoms with Crippen LogP contribution in [0.15, 0.2) is 41.6 Å². The van der Waals surface area contributed by atoms with Crippen LogP contribution >= 0.6 is 0 Å². The highest BCUT2D eigenvalue weighted by Crippen LogP contribution is 2.00. The molecule has 0 aliphatic rings. The lowest BCUT2D eigenvalue weighted by Gasteiger charge is -1.97. The van der Waals surface area contributed by atoms with E-state index in [1.165, 1.54) is 6.92 Å². The lowest BCUT2D eigenvalue weighted by atomic mass is 10.1. The van der Waals surface area contributed by atoms with Crippen molar-refractivity contribution in [3.8, 4) is 0 Å². The predicted molar refractivity (Wildman–Crippen MR) is 53.0 cm³/mol. The van der Waals surface area contributed by atoms with Crippen LogP contribution in [0, 0.1) is 0 Å². The fourth-order valence-corrected chi connectivity index (χ4v) is 0.729. The molecule has 0 atom stereocenters. The number of ketones is 1. The number of carbonyl (C=O) groups is 1. The van der Waals surface area contributed by atoms with Gasteiger partial charge in [-0.2, -0.15) is 0 Å². The Morgan fingerprint density at radius 1 is 1.54 bits per heavy atom. The molecule has 3 heteroatoms. The summed E-state index contributed by atoms with van der Waals surface area (Å²) in [5.74, 6) is -0.289. The summed E-state index contributed by atoms with van der Waals surface area (Å²) in [6.45, 7) is 6.68. The molecule has 0 saturated carbocycles. The number of hydrogen-bond donors (Lipinski definition) is 1. The molecule has 0 spiro atoms. The molecule has 0 heterocycles. The minimum atomic E-state index is -0.289. The Bertz CT molecular complexity index is 285. The standard InChI is InChI=1S/C10H13NO2/c1-4-6-7-9(5-2)10(12)8(3)11-13/h4-7,13H,1H2,2-3H3/b7-6-,9-5+,11-8+. The molecular formula is C10H13NO2. The summed E-state index contributed by atoms with van der Waals surface area (Å²) in [5, 5.41) is 11.2. The molecule has 70 valence electrons. The first-order chi connectivity index (χ1) is 6.17. The van der Waals surface area contributed by atoms with Gasteiger partial charge in [0.25, 0.3) is 0 Å². The molecule has 0 aromatic carbocycles. The second-order valence-corrected chi connectivity index (χ2v) is 2.35. The van der Waals surface area contributed by atoms with E-state index >= 15 is 0 Å². The van der Waals surface area contributed by atoms with Crippen molar-refractivity contribution in [3.63, 3.8) is 0 Å². The zero-order chi connectivity index (χ0) is 10.3. The second-order valence-electron chi connectivity index (χ2n) is 2.35. The van der Waals surface area contributed by atoms with Crippen LogP contribution in [-0.2, 0) is 4.79 Å². The first kappa shape index (κ1) is 11.4. The normalized spacial score (nSPS) is 13.4. The quantitative estimate of drug-likeness (QED) is 0.236. The number of oxime groups is 1. The van der Waals surface area contributed by atoms with Crippen molar-refractivity contribution in [2.45, 2.75) is 13.8 Å². The SMILES string of the molecule is C=C/C=C\C(=C/C)C(=O)/C(C)=N/O. The van der Waals surface area contributed by atoms with Gasteiger partial charge in [-0.3, -0.25) is 4.79 Å². The molecule has 0 aliphatic heterocycles. The molecule has 0 fully saturated rings. The van der Waals surface area contributed by atoms with Crippen molar-refractivity contribution >= 4 is 11.5 Å². The summed E-state index contributed by atoms with van der Waals surface area (Å²) >= 11 is 0. The van der Waals surface area contributed by atoms with E-state index in [4.69, 9.17) is 5.21 Å². The fourth-order valence-electron chi connectivity index (χ4n) is 0.729. The molecule has 3 nitrogen and oxygen atoms in total. The van der Waals surface area contributed by atoms with Crippen molar-refractivity contribution in [3.05, 3.63) is 36.5 Å². The fraction of sp³-hybridized carbons (Fsp3) is 0.200. The Balaban J connectivity index is 4.72. The highest BCUT2D eigenvalue weighted by Gasteiger charge is 2.09. The van der Waals surface area contributed by atoms with Crippen LogP contribution in [-0.4, -0.2) is 16.7 Å². The van der Waals surface area contributed by atoms with Crippen LogP contribution in [0.3, 0.4) is 0 Å². The smallest absolute Gasteiger partial charge is 0.209 e. The Labute approximate surface area is 77.8 Å². The van der Waals surface area contributed by atoms with E-state index in [9.17, 15) is 4.79 Å². The lowest BCUT2D eigenvalue weighted by Crippen LogP contribution is -2.11. The molecule has 0 aromatic rings. The van der Waals surface area contributed by atoms with Gasteiger partial charge >= 0.3 is 0 Å². The van der Waals surface area contributed by atoms with Crippen molar-refractivity contribution in [1.82, 2.24) is 0 Å². The Morgan fingerprint density at radius 2 is 2.15 bits per heavy atom. The van der Waals surface area contributed by atoms with E-state index < -0.39 is 0 Å². The summed E-state index contributed by atoms with van der Waals surface area (Å²) in [4.78, 5) is 11.4. The third-order valence-electron chi connectivity index (χ3n) is 1.46. The maximum atomic E-state index is 11.4. The number of rotatable bonds is 4. The number of carbonyl (C=O) groups excluding carboxylic acids is 1. The highest BCUT2D eigenvalue weighted by molar-refractivity contribution is 6.45. The van der Waals surface area contributed by atoms with Crippen LogP contribution in [0.2, 0.25) is 0 Å². The number of hydrogen-bond acceptors (Lipinski definition) is 3. The van der Waals surface area contributed by atoms with E-state index in [1.807, 2.05) is 0 Å². The van der Waals surface area contributed by atoms with Gasteiger partial charge in [0.05, 0.1) is 0 Å². The molecule has 0 aromatic heterocycles. The van der Waals surface area contributed by atoms with Gasteiger partial charge < -0.3 is 5.21 Å². The third-order valence-corrected chi connectivity index (χ3v) is 1.46. The van der Waals surface area contributed by atoms with E-state index in [1.54, 1.807) is 31.2 Å². The summed E-state index contributed by atoms with van der Waals surface area (Å²) in [5.41, 5.74) is 0.553. The number of allylic oxidation sites excluding steroid dienone is 5. The predicted octanol–water partition coefficient (Wildman–Crippen LogP) is 2.09. The summed E-state index contributed by atoms with van der Waals surface area (Å²) < 4.78 is 0. The Morgan fingerprint density at radius 3 is 2.54 bits per heavy atom. The Hall–Kier alpha value is -1.64. The van der Waals surface area contributed by atoms with Crippen LogP contribution in [0.5, 0.6) is 0 Å². The molecule has 0 amide bonds. The number of Topliss-reactive ketones (excluding diaryl/α,β-unsaturated/α-hetero) is 1. The molecule has 0 unspecified atom stereocenters. The minimum absolute atomic E-state index is 0.0711. The third kappa shape index (κ3) is 3.51. The van der Waals surface area contributed by atoms with Crippen molar-refractivity contribution in [1.29, 1.82) is 0 Å². The highest BCUT2D eigenvalue weighted by atomic mass is 16.4. The van der Waals surface area contributed by atoms with E-state index in [-0.39, 0.29) is 11.5 Å². The van der Waals surface area contributed by atoms with Crippen molar-refractivity contribution in [2.75, 3.05) is 0 Å². The number of nitrogens with zero attached hydrogens (tertiary/aromatic N) is 1. The first-order valence-electron chi connectivity index (χ1n) is 3.86. The van der Waals surface area contributed by atoms with E-state index in [0.29, 0.717) is 5.57 Å². The van der Waals surface area contributed by atoms with Crippen LogP contribution in [0.4, 0.5) is 0 Å². The summed E-state index contributed by atoms with van der Waals surface area (Å²) in [7, 11) is 0. The Kier molecular flexibility index (Phi) is 5.19. The van der Waals surface area contributed by atoms with Gasteiger partial charge in [0.15, 0.2) is 0 Å². The average Bonchev–Trinajstić information content (AvgIpc) is 2.17. The van der Waals surface area contributed by atoms with Gasteiger partial charge in [-0.1, -0.05) is 36.0 Å². The van der Waals surface area contributed by atoms with Gasteiger partial charge in [0, 0.05) is 5.57 Å². The maximum Gasteiger partial charge on any atom is 0.209 e.